The molecule has 0 saturated heterocycles. The molecule has 2 fully saturated rings. The molecule has 0 radical (unpaired) electrons. The first kappa shape index (κ1) is 19.9. The summed E-state index contributed by atoms with van der Waals surface area (Å²) in [5.41, 5.74) is -0.341. The Hall–Kier alpha value is -0.420. The third-order valence-corrected chi connectivity index (χ3v) is 7.39. The molecule has 4 heteroatoms. The van der Waals surface area contributed by atoms with Gasteiger partial charge in [-0.25, -0.2) is 0 Å². The molecule has 0 heterocycles. The van der Waals surface area contributed by atoms with Crippen LogP contribution in [0.1, 0.15) is 66.7 Å². The lowest BCUT2D eigenvalue weighted by Gasteiger charge is -2.62. The molecule has 0 amide bonds. The van der Waals surface area contributed by atoms with Crippen molar-refractivity contribution in [1.29, 1.82) is 0 Å². The van der Waals surface area contributed by atoms with E-state index >= 15 is 0 Å². The third kappa shape index (κ3) is 3.31. The van der Waals surface area contributed by atoms with Gasteiger partial charge in [-0.15, -0.1) is 0 Å². The quantitative estimate of drug-likeness (QED) is 0.593. The minimum atomic E-state index is -0.815. The van der Waals surface area contributed by atoms with Crippen LogP contribution in [-0.2, 0) is 0 Å². The van der Waals surface area contributed by atoms with Crippen molar-refractivity contribution in [1.82, 2.24) is 0 Å². The van der Waals surface area contributed by atoms with E-state index in [0.717, 1.165) is 24.8 Å². The van der Waals surface area contributed by atoms with Gasteiger partial charge in [-0.1, -0.05) is 26.8 Å². The van der Waals surface area contributed by atoms with Gasteiger partial charge in [-0.3, -0.25) is 0 Å². The zero-order chi connectivity index (χ0) is 18.3. The lowest BCUT2D eigenvalue weighted by molar-refractivity contribution is -0.200. The topological polar surface area (TPSA) is 80.9 Å². The highest BCUT2D eigenvalue weighted by molar-refractivity contribution is 5.12. The van der Waals surface area contributed by atoms with Crippen molar-refractivity contribution in [2.45, 2.75) is 84.5 Å². The number of hydrogen-bond acceptors (Lipinski definition) is 4. The van der Waals surface area contributed by atoms with Crippen molar-refractivity contribution in [3.8, 4) is 0 Å². The molecule has 0 aromatic heterocycles. The van der Waals surface area contributed by atoms with Gasteiger partial charge < -0.3 is 20.4 Å². The average molecular weight is 341 g/mol. The first-order chi connectivity index (χ1) is 11.0. The van der Waals surface area contributed by atoms with Crippen LogP contribution < -0.4 is 0 Å². The minimum Gasteiger partial charge on any atom is -0.393 e. The molecule has 4 N–H and O–H groups in total. The highest BCUT2D eigenvalue weighted by Gasteiger charge is 2.60. The first-order valence-corrected chi connectivity index (χ1v) is 9.33. The lowest BCUT2D eigenvalue weighted by atomic mass is 9.44. The summed E-state index contributed by atoms with van der Waals surface area (Å²) in [5.74, 6) is 0.292. The van der Waals surface area contributed by atoms with Crippen molar-refractivity contribution in [3.63, 3.8) is 0 Å². The summed E-state index contributed by atoms with van der Waals surface area (Å²) in [4.78, 5) is 0. The zero-order valence-electron chi connectivity index (χ0n) is 15.9. The Bertz CT molecular complexity index is 482. The van der Waals surface area contributed by atoms with Gasteiger partial charge >= 0.3 is 0 Å². The summed E-state index contributed by atoms with van der Waals surface area (Å²) >= 11 is 0. The van der Waals surface area contributed by atoms with Gasteiger partial charge in [0.15, 0.2) is 0 Å². The van der Waals surface area contributed by atoms with Gasteiger partial charge in [-0.05, 0) is 74.2 Å². The second-order valence-electron chi connectivity index (χ2n) is 9.26. The Balaban J connectivity index is 2.34. The van der Waals surface area contributed by atoms with Crippen LogP contribution in [0, 0.1) is 22.7 Å². The van der Waals surface area contributed by atoms with Crippen LogP contribution in [0.2, 0.25) is 0 Å². The molecule has 4 nitrogen and oxygen atoms in total. The van der Waals surface area contributed by atoms with Crippen molar-refractivity contribution in [2.24, 2.45) is 22.7 Å². The summed E-state index contributed by atoms with van der Waals surface area (Å²) < 4.78 is 0. The second kappa shape index (κ2) is 6.71. The summed E-state index contributed by atoms with van der Waals surface area (Å²) in [7, 11) is 0. The van der Waals surface area contributed by atoms with E-state index in [-0.39, 0.29) is 29.5 Å². The molecule has 0 aromatic carbocycles. The molecule has 6 atom stereocenters. The van der Waals surface area contributed by atoms with E-state index in [9.17, 15) is 15.3 Å². The predicted molar refractivity (Wildman–Crippen MR) is 95.4 cm³/mol. The molecule has 6 unspecified atom stereocenters. The Morgan fingerprint density at radius 1 is 1.17 bits per heavy atom. The van der Waals surface area contributed by atoms with E-state index in [1.54, 1.807) is 6.08 Å². The largest absolute Gasteiger partial charge is 0.393 e. The Morgan fingerprint density at radius 2 is 1.79 bits per heavy atom. The maximum Gasteiger partial charge on any atom is 0.0752 e. The summed E-state index contributed by atoms with van der Waals surface area (Å²) in [6.45, 7) is 10.2. The highest BCUT2D eigenvalue weighted by Crippen LogP contribution is 2.63. The standard InChI is InChI=1S/C20H36O4/c1-13(8-11-21)14(22)12-16-19(4)9-7-17(23)18(2,3)15(19)6-10-20(16,5)24/h8,14-17,21-24H,6-7,9-12H2,1-5H3/b13-8+. The Morgan fingerprint density at radius 3 is 2.38 bits per heavy atom. The average Bonchev–Trinajstić information content (AvgIpc) is 2.47. The summed E-state index contributed by atoms with van der Waals surface area (Å²) in [6.07, 6.45) is 4.40. The normalized spacial score (nSPS) is 44.0. The van der Waals surface area contributed by atoms with E-state index in [2.05, 4.69) is 20.8 Å². The fraction of sp³-hybridized carbons (Fsp3) is 0.900. The van der Waals surface area contributed by atoms with Crippen LogP contribution in [-0.4, -0.2) is 44.8 Å². The summed E-state index contributed by atoms with van der Waals surface area (Å²) in [6, 6.07) is 0. The minimum absolute atomic E-state index is 0.0347. The summed E-state index contributed by atoms with van der Waals surface area (Å²) in [5, 5.41) is 41.2. The maximum atomic E-state index is 11.1. The fourth-order valence-electron chi connectivity index (χ4n) is 5.73. The molecule has 0 aromatic rings. The third-order valence-electron chi connectivity index (χ3n) is 7.39. The van der Waals surface area contributed by atoms with Gasteiger partial charge in [0, 0.05) is 0 Å². The molecule has 2 rings (SSSR count). The van der Waals surface area contributed by atoms with Crippen molar-refractivity contribution < 1.29 is 20.4 Å². The Labute approximate surface area is 146 Å². The van der Waals surface area contributed by atoms with E-state index < -0.39 is 11.7 Å². The molecule has 2 saturated carbocycles. The Kier molecular flexibility index (Phi) is 5.57. The van der Waals surface area contributed by atoms with Crippen LogP contribution >= 0.6 is 0 Å². The molecule has 0 spiro atoms. The molecule has 0 aliphatic heterocycles. The van der Waals surface area contributed by atoms with Crippen LogP contribution in [0.25, 0.3) is 0 Å². The smallest absolute Gasteiger partial charge is 0.0752 e. The van der Waals surface area contributed by atoms with Gasteiger partial charge in [0.25, 0.3) is 0 Å². The lowest BCUT2D eigenvalue weighted by Crippen LogP contribution is -2.61. The number of hydrogen-bond donors (Lipinski definition) is 4. The number of aliphatic hydroxyl groups excluding tert-OH is 3. The van der Waals surface area contributed by atoms with Gasteiger partial charge in [-0.2, -0.15) is 0 Å². The molecular weight excluding hydrogens is 304 g/mol. The molecule has 2 aliphatic carbocycles. The van der Waals surface area contributed by atoms with Crippen LogP contribution in [0.15, 0.2) is 11.6 Å². The highest BCUT2D eigenvalue weighted by atomic mass is 16.3. The van der Waals surface area contributed by atoms with E-state index in [0.29, 0.717) is 18.8 Å². The number of aliphatic hydroxyl groups is 4. The van der Waals surface area contributed by atoms with Crippen LogP contribution in [0.5, 0.6) is 0 Å². The zero-order valence-corrected chi connectivity index (χ0v) is 15.9. The van der Waals surface area contributed by atoms with E-state index in [1.165, 1.54) is 0 Å². The molecule has 2 aliphatic rings. The van der Waals surface area contributed by atoms with Crippen LogP contribution in [0.3, 0.4) is 0 Å². The fourth-order valence-corrected chi connectivity index (χ4v) is 5.73. The monoisotopic (exact) mass is 340 g/mol. The van der Waals surface area contributed by atoms with Crippen LogP contribution in [0.4, 0.5) is 0 Å². The first-order valence-electron chi connectivity index (χ1n) is 9.33. The molecule has 140 valence electrons. The van der Waals surface area contributed by atoms with Gasteiger partial charge in [0.2, 0.25) is 0 Å². The SMILES string of the molecule is C/C(=C\CO)C(O)CC1C(C)(O)CCC2C(C)(C)C(O)CCC12C. The molecule has 0 bridgehead atoms. The van der Waals surface area contributed by atoms with Gasteiger partial charge in [0.1, 0.15) is 0 Å². The van der Waals surface area contributed by atoms with E-state index in [1.807, 2.05) is 13.8 Å². The van der Waals surface area contributed by atoms with Crippen molar-refractivity contribution in [2.75, 3.05) is 6.61 Å². The number of rotatable bonds is 4. The van der Waals surface area contributed by atoms with E-state index in [4.69, 9.17) is 5.11 Å². The van der Waals surface area contributed by atoms with Crippen molar-refractivity contribution in [3.05, 3.63) is 11.6 Å². The molecule has 24 heavy (non-hydrogen) atoms. The maximum absolute atomic E-state index is 11.1. The molecular formula is C20H36O4. The number of fused-ring (bicyclic) bond motifs is 1. The second-order valence-corrected chi connectivity index (χ2v) is 9.26. The van der Waals surface area contributed by atoms with Crippen molar-refractivity contribution >= 4 is 0 Å². The predicted octanol–water partition coefficient (Wildman–Crippen LogP) is 2.64. The van der Waals surface area contributed by atoms with Gasteiger partial charge in [0.05, 0.1) is 24.4 Å².